The van der Waals surface area contributed by atoms with Crippen molar-refractivity contribution in [3.8, 4) is 11.4 Å². The molecule has 6 heteroatoms. The molecule has 6 nitrogen and oxygen atoms in total. The first kappa shape index (κ1) is 16.8. The van der Waals surface area contributed by atoms with Crippen molar-refractivity contribution in [1.82, 2.24) is 19.8 Å². The number of hydrogen-bond acceptors (Lipinski definition) is 3. The Bertz CT molecular complexity index is 824. The Balaban J connectivity index is 1.65. The summed E-state index contributed by atoms with van der Waals surface area (Å²) >= 11 is 0. The molecule has 0 saturated heterocycles. The van der Waals surface area contributed by atoms with Crippen molar-refractivity contribution in [1.29, 1.82) is 0 Å². The van der Waals surface area contributed by atoms with Crippen LogP contribution < -0.4 is 5.32 Å². The van der Waals surface area contributed by atoms with Crippen LogP contribution in [0.5, 0.6) is 0 Å². The lowest BCUT2D eigenvalue weighted by atomic mass is 10.2. The molecule has 2 aromatic rings. The summed E-state index contributed by atoms with van der Waals surface area (Å²) in [7, 11) is 1.62. The fourth-order valence-electron chi connectivity index (χ4n) is 3.61. The molecule has 0 bridgehead atoms. The van der Waals surface area contributed by atoms with E-state index >= 15 is 0 Å². The predicted octanol–water partition coefficient (Wildman–Crippen LogP) is 2.09. The Labute approximate surface area is 153 Å². The van der Waals surface area contributed by atoms with Crippen LogP contribution in [0.25, 0.3) is 11.4 Å². The van der Waals surface area contributed by atoms with Gasteiger partial charge in [0.25, 0.3) is 5.91 Å². The van der Waals surface area contributed by atoms with Gasteiger partial charge in [-0.2, -0.15) is 0 Å². The summed E-state index contributed by atoms with van der Waals surface area (Å²) in [6, 6.07) is 9.92. The largest absolute Gasteiger partial charge is 0.354 e. The van der Waals surface area contributed by atoms with Crippen LogP contribution in [0.1, 0.15) is 35.4 Å². The van der Waals surface area contributed by atoms with Crippen molar-refractivity contribution in [2.24, 2.45) is 5.92 Å². The highest BCUT2D eigenvalue weighted by molar-refractivity contribution is 5.94. The third-order valence-electron chi connectivity index (χ3n) is 5.27. The van der Waals surface area contributed by atoms with Crippen molar-refractivity contribution in [2.45, 2.75) is 32.2 Å². The van der Waals surface area contributed by atoms with E-state index < -0.39 is 0 Å². The smallest absolute Gasteiger partial charge is 0.271 e. The van der Waals surface area contributed by atoms with E-state index in [1.54, 1.807) is 7.05 Å². The molecule has 0 unspecified atom stereocenters. The Morgan fingerprint density at radius 3 is 2.62 bits per heavy atom. The maximum atomic E-state index is 12.5. The lowest BCUT2D eigenvalue weighted by molar-refractivity contribution is -0.131. The van der Waals surface area contributed by atoms with E-state index in [2.05, 4.69) is 14.9 Å². The number of benzene rings is 1. The molecule has 26 heavy (non-hydrogen) atoms. The van der Waals surface area contributed by atoms with Crippen LogP contribution in [0, 0.1) is 5.92 Å². The lowest BCUT2D eigenvalue weighted by Gasteiger charge is -2.20. The van der Waals surface area contributed by atoms with Crippen molar-refractivity contribution in [2.75, 3.05) is 20.1 Å². The van der Waals surface area contributed by atoms with Gasteiger partial charge < -0.3 is 14.8 Å². The Hall–Kier alpha value is -2.63. The van der Waals surface area contributed by atoms with Crippen LogP contribution in [0.3, 0.4) is 0 Å². The zero-order valence-corrected chi connectivity index (χ0v) is 15.1. The number of fused-ring (bicyclic) bond motifs is 1. The number of amides is 2. The minimum absolute atomic E-state index is 0.173. The molecule has 1 fully saturated rings. The van der Waals surface area contributed by atoms with Gasteiger partial charge in [0.1, 0.15) is 11.5 Å². The quantitative estimate of drug-likeness (QED) is 0.916. The first-order chi connectivity index (χ1) is 12.7. The molecule has 1 saturated carbocycles. The molecule has 2 heterocycles. The van der Waals surface area contributed by atoms with Crippen molar-refractivity contribution in [3.63, 3.8) is 0 Å². The molecule has 0 radical (unpaired) electrons. The highest BCUT2D eigenvalue weighted by Crippen LogP contribution is 2.33. The molecule has 0 atom stereocenters. The van der Waals surface area contributed by atoms with Gasteiger partial charge in [-0.05, 0) is 18.8 Å². The summed E-state index contributed by atoms with van der Waals surface area (Å²) in [5.41, 5.74) is 2.38. The number of nitrogens with zero attached hydrogens (tertiary/aromatic N) is 3. The fourth-order valence-corrected chi connectivity index (χ4v) is 3.61. The number of imidazole rings is 1. The molecule has 2 aliphatic rings. The summed E-state index contributed by atoms with van der Waals surface area (Å²) in [6.45, 7) is 1.98. The van der Waals surface area contributed by atoms with Crippen LogP contribution in [0.4, 0.5) is 0 Å². The Morgan fingerprint density at radius 1 is 1.15 bits per heavy atom. The predicted molar refractivity (Wildman–Crippen MR) is 98.7 cm³/mol. The minimum atomic E-state index is -0.173. The molecular formula is C20H24N4O2. The molecule has 1 aliphatic heterocycles. The highest BCUT2D eigenvalue weighted by atomic mass is 16.2. The van der Waals surface area contributed by atoms with Gasteiger partial charge in [-0.25, -0.2) is 4.98 Å². The SMILES string of the molecule is CNC(=O)c1nc(-c2ccccc2)n2c1CCN(C(=O)CC1CC1)CC2. The Kier molecular flexibility index (Phi) is 4.49. The van der Waals surface area contributed by atoms with Gasteiger partial charge in [0, 0.05) is 45.1 Å². The average Bonchev–Trinajstić information content (AvgIpc) is 3.44. The molecule has 1 aliphatic carbocycles. The zero-order valence-electron chi connectivity index (χ0n) is 15.1. The van der Waals surface area contributed by atoms with Crippen LogP contribution in [0.2, 0.25) is 0 Å². The second-order valence-corrected chi connectivity index (χ2v) is 7.11. The first-order valence-corrected chi connectivity index (χ1v) is 9.32. The van der Waals surface area contributed by atoms with Gasteiger partial charge in [-0.1, -0.05) is 30.3 Å². The maximum absolute atomic E-state index is 12.5. The van der Waals surface area contributed by atoms with Gasteiger partial charge in [0.2, 0.25) is 5.91 Å². The minimum Gasteiger partial charge on any atom is -0.354 e. The van der Waals surface area contributed by atoms with E-state index in [1.165, 1.54) is 12.8 Å². The molecule has 1 aromatic carbocycles. The zero-order chi connectivity index (χ0) is 18.1. The van der Waals surface area contributed by atoms with Gasteiger partial charge in [0.05, 0.1) is 5.69 Å². The number of nitrogens with one attached hydrogen (secondary N) is 1. The molecule has 1 N–H and O–H groups in total. The van der Waals surface area contributed by atoms with Gasteiger partial charge in [-0.3, -0.25) is 9.59 Å². The summed E-state index contributed by atoms with van der Waals surface area (Å²) < 4.78 is 2.12. The van der Waals surface area contributed by atoms with Crippen LogP contribution in [-0.4, -0.2) is 46.4 Å². The molecule has 136 valence electrons. The van der Waals surface area contributed by atoms with Crippen molar-refractivity contribution in [3.05, 3.63) is 41.7 Å². The van der Waals surface area contributed by atoms with Crippen LogP contribution >= 0.6 is 0 Å². The van der Waals surface area contributed by atoms with E-state index in [9.17, 15) is 9.59 Å². The molecular weight excluding hydrogens is 328 g/mol. The highest BCUT2D eigenvalue weighted by Gasteiger charge is 2.30. The van der Waals surface area contributed by atoms with E-state index in [0.717, 1.165) is 17.1 Å². The number of carbonyl (C=O) groups is 2. The van der Waals surface area contributed by atoms with Crippen molar-refractivity contribution >= 4 is 11.8 Å². The number of carbonyl (C=O) groups excluding carboxylic acids is 2. The third-order valence-corrected chi connectivity index (χ3v) is 5.27. The average molecular weight is 352 g/mol. The van der Waals surface area contributed by atoms with Crippen molar-refractivity contribution < 1.29 is 9.59 Å². The van der Waals surface area contributed by atoms with Gasteiger partial charge >= 0.3 is 0 Å². The van der Waals surface area contributed by atoms with E-state index in [0.29, 0.717) is 44.1 Å². The monoisotopic (exact) mass is 352 g/mol. The second-order valence-electron chi connectivity index (χ2n) is 7.11. The van der Waals surface area contributed by atoms with Gasteiger partial charge in [0.15, 0.2) is 0 Å². The Morgan fingerprint density at radius 2 is 1.92 bits per heavy atom. The van der Waals surface area contributed by atoms with E-state index in [4.69, 9.17) is 0 Å². The lowest BCUT2D eigenvalue weighted by Crippen LogP contribution is -2.34. The maximum Gasteiger partial charge on any atom is 0.271 e. The number of rotatable bonds is 4. The molecule has 0 spiro atoms. The van der Waals surface area contributed by atoms with Crippen LogP contribution in [0.15, 0.2) is 30.3 Å². The van der Waals surface area contributed by atoms with E-state index in [-0.39, 0.29) is 11.8 Å². The third kappa shape index (κ3) is 3.23. The molecule has 2 amide bonds. The normalized spacial score (nSPS) is 16.7. The standard InChI is InChI=1S/C20H24N4O2/c1-21-20(26)18-16-9-10-23(17(25)13-14-7-8-14)11-12-24(16)19(22-18)15-5-3-2-4-6-15/h2-6,14H,7-13H2,1H3,(H,21,26). The molecule has 4 rings (SSSR count). The first-order valence-electron chi connectivity index (χ1n) is 9.32. The fraction of sp³-hybridized carbons (Fsp3) is 0.450. The summed E-state index contributed by atoms with van der Waals surface area (Å²) in [5.74, 6) is 1.46. The van der Waals surface area contributed by atoms with Gasteiger partial charge in [-0.15, -0.1) is 0 Å². The van der Waals surface area contributed by atoms with Crippen LogP contribution in [-0.2, 0) is 17.8 Å². The number of aromatic nitrogens is 2. The summed E-state index contributed by atoms with van der Waals surface area (Å²) in [5, 5.41) is 2.69. The topological polar surface area (TPSA) is 67.2 Å². The summed E-state index contributed by atoms with van der Waals surface area (Å²) in [6.07, 6.45) is 3.69. The second kappa shape index (κ2) is 6.94. The number of hydrogen-bond donors (Lipinski definition) is 1. The molecule has 1 aromatic heterocycles. The summed E-state index contributed by atoms with van der Waals surface area (Å²) in [4.78, 5) is 31.5. The van der Waals surface area contributed by atoms with E-state index in [1.807, 2.05) is 35.2 Å².